The third kappa shape index (κ3) is 5.21. The average Bonchev–Trinajstić information content (AvgIpc) is 2.82. The second-order valence-corrected chi connectivity index (χ2v) is 9.94. The second-order valence-electron chi connectivity index (χ2n) is 9.94. The lowest BCUT2D eigenvalue weighted by molar-refractivity contribution is 0.104. The zero-order valence-electron chi connectivity index (χ0n) is 22.0. The van der Waals surface area contributed by atoms with Crippen LogP contribution in [0.3, 0.4) is 0 Å². The van der Waals surface area contributed by atoms with E-state index in [-0.39, 0.29) is 18.3 Å². The van der Waals surface area contributed by atoms with E-state index in [4.69, 9.17) is 0 Å². The first-order chi connectivity index (χ1) is 17.2. The lowest BCUT2D eigenvalue weighted by Crippen LogP contribution is -2.55. The molecule has 0 unspecified atom stereocenters. The van der Waals surface area contributed by atoms with Crippen LogP contribution in [0.5, 0.6) is 0 Å². The van der Waals surface area contributed by atoms with Gasteiger partial charge in [0.2, 0.25) is 6.71 Å². The Bertz CT molecular complexity index is 1340. The molecule has 0 aliphatic carbocycles. The van der Waals surface area contributed by atoms with E-state index < -0.39 is 0 Å². The summed E-state index contributed by atoms with van der Waals surface area (Å²) in [6, 6.07) is 26.0. The zero-order chi connectivity index (χ0) is 26.0. The van der Waals surface area contributed by atoms with Crippen LogP contribution in [0.2, 0.25) is 0 Å². The van der Waals surface area contributed by atoms with Crippen LogP contribution in [-0.4, -0.2) is 17.6 Å². The number of ketones is 1. The number of hydrogen-bond acceptors (Lipinski definition) is 2. The van der Waals surface area contributed by atoms with Gasteiger partial charge in [0.1, 0.15) is 5.76 Å². The maximum Gasteiger partial charge on any atom is 0.242 e. The lowest BCUT2D eigenvalue weighted by Gasteiger charge is -2.24. The van der Waals surface area contributed by atoms with Gasteiger partial charge in [0.15, 0.2) is 5.78 Å². The summed E-state index contributed by atoms with van der Waals surface area (Å²) in [5, 5.41) is 10.4. The number of carbonyl (C=O) groups is 1. The van der Waals surface area contributed by atoms with E-state index in [1.165, 1.54) is 50.4 Å². The van der Waals surface area contributed by atoms with Crippen molar-refractivity contribution in [2.24, 2.45) is 0 Å². The number of carbonyl (C=O) groups excluding carboxylic acids is 1. The van der Waals surface area contributed by atoms with E-state index in [1.54, 1.807) is 12.1 Å². The quantitative estimate of drug-likeness (QED) is 0.166. The van der Waals surface area contributed by atoms with Crippen molar-refractivity contribution < 1.29 is 9.90 Å². The van der Waals surface area contributed by atoms with Crippen LogP contribution in [0.15, 0.2) is 84.9 Å². The molecule has 4 aromatic rings. The van der Waals surface area contributed by atoms with Crippen LogP contribution in [0, 0.1) is 41.5 Å². The van der Waals surface area contributed by atoms with Crippen molar-refractivity contribution in [2.75, 3.05) is 0 Å². The number of benzene rings is 4. The third-order valence-electron chi connectivity index (χ3n) is 6.92. The first-order valence-electron chi connectivity index (χ1n) is 12.4. The molecule has 0 atom stereocenters. The largest absolute Gasteiger partial charge is 0.507 e. The maximum atomic E-state index is 12.9. The molecular formula is C33H33BO2. The molecule has 0 bridgehead atoms. The summed E-state index contributed by atoms with van der Waals surface area (Å²) < 4.78 is 0. The Kier molecular flexibility index (Phi) is 7.31. The Morgan fingerprint density at radius 3 is 1.53 bits per heavy atom. The van der Waals surface area contributed by atoms with Gasteiger partial charge in [-0.05, 0) is 41.5 Å². The molecule has 0 saturated carbocycles. The number of aliphatic hydroxyl groups is 1. The molecule has 1 N–H and O–H groups in total. The molecule has 36 heavy (non-hydrogen) atoms. The topological polar surface area (TPSA) is 37.3 Å². The molecule has 2 nitrogen and oxygen atoms in total. The van der Waals surface area contributed by atoms with Gasteiger partial charge in [0.25, 0.3) is 0 Å². The van der Waals surface area contributed by atoms with Crippen molar-refractivity contribution in [3.05, 3.63) is 129 Å². The highest BCUT2D eigenvalue weighted by molar-refractivity contribution is 6.96. The molecule has 0 aliphatic heterocycles. The molecule has 0 aliphatic rings. The standard InChI is InChI=1S/C33H33BO2/c1-21-16-23(3)32(24(4)17-21)34(33-25(5)18-22(2)19-26(33)6)29-14-12-28(13-15-29)31(36)20-30(35)27-10-8-7-9-11-27/h7-20,35H,1-6H3. The molecule has 0 radical (unpaired) electrons. The molecule has 4 aromatic carbocycles. The molecule has 0 heterocycles. The van der Waals surface area contributed by atoms with E-state index in [1.807, 2.05) is 30.3 Å². The summed E-state index contributed by atoms with van der Waals surface area (Å²) in [5.41, 5.74) is 12.6. The molecule has 0 aromatic heterocycles. The van der Waals surface area contributed by atoms with Gasteiger partial charge in [0, 0.05) is 17.2 Å². The average molecular weight is 472 g/mol. The van der Waals surface area contributed by atoms with Gasteiger partial charge in [-0.25, -0.2) is 0 Å². The molecule has 3 heteroatoms. The van der Waals surface area contributed by atoms with Gasteiger partial charge in [0.05, 0.1) is 0 Å². The minimum absolute atomic E-state index is 0.0284. The van der Waals surface area contributed by atoms with Crippen LogP contribution in [0.4, 0.5) is 0 Å². The Labute approximate surface area is 215 Å². The number of aliphatic hydroxyl groups excluding tert-OH is 1. The van der Waals surface area contributed by atoms with Crippen LogP contribution in [0.1, 0.15) is 49.3 Å². The minimum atomic E-state index is -0.218. The predicted molar refractivity (Wildman–Crippen MR) is 154 cm³/mol. The molecular weight excluding hydrogens is 439 g/mol. The fourth-order valence-electron chi connectivity index (χ4n) is 5.51. The Morgan fingerprint density at radius 1 is 0.639 bits per heavy atom. The maximum absolute atomic E-state index is 12.9. The van der Waals surface area contributed by atoms with Gasteiger partial charge >= 0.3 is 0 Å². The smallest absolute Gasteiger partial charge is 0.242 e. The molecule has 4 rings (SSSR count). The van der Waals surface area contributed by atoms with Crippen LogP contribution in [-0.2, 0) is 0 Å². The minimum Gasteiger partial charge on any atom is -0.507 e. The van der Waals surface area contributed by atoms with Crippen LogP contribution < -0.4 is 16.4 Å². The number of rotatable bonds is 6. The van der Waals surface area contributed by atoms with Gasteiger partial charge in [-0.2, -0.15) is 0 Å². The SMILES string of the molecule is Cc1cc(C)c(B(c2ccc(C(=O)C=C(O)c3ccccc3)cc2)c2c(C)cc(C)cc2C)c(C)c1. The first-order valence-corrected chi connectivity index (χ1v) is 12.4. The van der Waals surface area contributed by atoms with Gasteiger partial charge in [-0.15, -0.1) is 0 Å². The van der Waals surface area contributed by atoms with Crippen molar-refractivity contribution in [2.45, 2.75) is 41.5 Å². The van der Waals surface area contributed by atoms with E-state index in [9.17, 15) is 9.90 Å². The first kappa shape index (κ1) is 25.3. The molecule has 0 amide bonds. The van der Waals surface area contributed by atoms with Crippen LogP contribution in [0.25, 0.3) is 5.76 Å². The number of allylic oxidation sites excluding steroid dienone is 1. The van der Waals surface area contributed by atoms with Gasteiger partial charge in [-0.3, -0.25) is 4.79 Å². The summed E-state index contributed by atoms with van der Waals surface area (Å²) in [5.74, 6) is -0.246. The Hall–Kier alpha value is -3.85. The normalized spacial score (nSPS) is 11.4. The van der Waals surface area contributed by atoms with E-state index >= 15 is 0 Å². The highest BCUT2D eigenvalue weighted by Crippen LogP contribution is 2.15. The highest BCUT2D eigenvalue weighted by Gasteiger charge is 2.28. The van der Waals surface area contributed by atoms with E-state index in [2.05, 4.69) is 77.9 Å². The van der Waals surface area contributed by atoms with Crippen molar-refractivity contribution in [3.63, 3.8) is 0 Å². The highest BCUT2D eigenvalue weighted by atomic mass is 16.3. The summed E-state index contributed by atoms with van der Waals surface area (Å²) in [6.45, 7) is 13.1. The molecule has 0 fully saturated rings. The van der Waals surface area contributed by atoms with Crippen LogP contribution >= 0.6 is 0 Å². The Balaban J connectivity index is 1.80. The van der Waals surface area contributed by atoms with Crippen molar-refractivity contribution in [1.82, 2.24) is 0 Å². The number of aryl methyl sites for hydroxylation is 6. The van der Waals surface area contributed by atoms with Crippen molar-refractivity contribution >= 4 is 34.6 Å². The molecule has 0 spiro atoms. The summed E-state index contributed by atoms with van der Waals surface area (Å²) in [6.07, 6.45) is 1.30. The van der Waals surface area contributed by atoms with Crippen molar-refractivity contribution in [1.29, 1.82) is 0 Å². The van der Waals surface area contributed by atoms with Gasteiger partial charge in [-0.1, -0.05) is 129 Å². The monoisotopic (exact) mass is 472 g/mol. The third-order valence-corrected chi connectivity index (χ3v) is 6.92. The summed E-state index contributed by atoms with van der Waals surface area (Å²) >= 11 is 0. The molecule has 0 saturated heterocycles. The predicted octanol–water partition coefficient (Wildman–Crippen LogP) is 5.84. The van der Waals surface area contributed by atoms with Crippen molar-refractivity contribution in [3.8, 4) is 0 Å². The second kappa shape index (κ2) is 10.4. The molecule has 180 valence electrons. The zero-order valence-corrected chi connectivity index (χ0v) is 22.0. The fourth-order valence-corrected chi connectivity index (χ4v) is 5.51. The Morgan fingerprint density at radius 2 is 1.08 bits per heavy atom. The number of hydrogen-bond donors (Lipinski definition) is 1. The van der Waals surface area contributed by atoms with E-state index in [0.29, 0.717) is 11.1 Å². The van der Waals surface area contributed by atoms with E-state index in [0.717, 1.165) is 5.46 Å². The summed E-state index contributed by atoms with van der Waals surface area (Å²) in [7, 11) is 0. The lowest BCUT2D eigenvalue weighted by atomic mass is 9.34. The fraction of sp³-hybridized carbons (Fsp3) is 0.182. The van der Waals surface area contributed by atoms with Gasteiger partial charge < -0.3 is 5.11 Å². The summed E-state index contributed by atoms with van der Waals surface area (Å²) in [4.78, 5) is 12.9.